The van der Waals surface area contributed by atoms with Crippen molar-refractivity contribution in [2.75, 3.05) is 29.0 Å². The lowest BCUT2D eigenvalue weighted by Crippen LogP contribution is -2.39. The first-order chi connectivity index (χ1) is 13.5. The molecule has 0 saturated carbocycles. The number of amides is 1. The second kappa shape index (κ2) is 6.19. The third-order valence-corrected chi connectivity index (χ3v) is 8.12. The minimum Gasteiger partial charge on any atom is -0.397 e. The molecule has 0 aromatic carbocycles. The lowest BCUT2D eigenvalue weighted by Gasteiger charge is -2.41. The van der Waals surface area contributed by atoms with Crippen molar-refractivity contribution in [2.45, 2.75) is 32.6 Å². The molecule has 3 aromatic heterocycles. The maximum atomic E-state index is 12.9. The highest BCUT2D eigenvalue weighted by molar-refractivity contribution is 7.21. The molecule has 3 N–H and O–H groups in total. The van der Waals surface area contributed by atoms with E-state index in [1.165, 1.54) is 28.4 Å². The lowest BCUT2D eigenvalue weighted by molar-refractivity contribution is 0.103. The first kappa shape index (κ1) is 17.5. The summed E-state index contributed by atoms with van der Waals surface area (Å²) in [6.45, 7) is 5.97. The highest BCUT2D eigenvalue weighted by Gasteiger charge is 2.33. The number of carbonyl (C=O) groups is 1. The zero-order chi connectivity index (χ0) is 19.6. The van der Waals surface area contributed by atoms with Gasteiger partial charge in [0.25, 0.3) is 5.91 Å². The van der Waals surface area contributed by atoms with Gasteiger partial charge in [0.2, 0.25) is 0 Å². The van der Waals surface area contributed by atoms with E-state index in [1.807, 2.05) is 13.8 Å². The molecule has 3 aromatic rings. The Labute approximate surface area is 170 Å². The van der Waals surface area contributed by atoms with Crippen LogP contribution in [0.2, 0.25) is 0 Å². The summed E-state index contributed by atoms with van der Waals surface area (Å²) < 4.78 is 0. The monoisotopic (exact) mass is 409 g/mol. The van der Waals surface area contributed by atoms with Gasteiger partial charge in [0, 0.05) is 29.3 Å². The number of aryl methyl sites for hydroxylation is 1. The number of nitrogens with zero attached hydrogens (tertiary/aromatic N) is 3. The number of nitriles is 1. The van der Waals surface area contributed by atoms with E-state index < -0.39 is 0 Å². The predicted molar refractivity (Wildman–Crippen MR) is 115 cm³/mol. The number of thiophene rings is 2. The molecule has 8 heteroatoms. The van der Waals surface area contributed by atoms with Gasteiger partial charge in [-0.05, 0) is 38.3 Å². The fourth-order valence-electron chi connectivity index (χ4n) is 4.17. The van der Waals surface area contributed by atoms with Gasteiger partial charge in [0.15, 0.2) is 0 Å². The first-order valence-electron chi connectivity index (χ1n) is 9.27. The van der Waals surface area contributed by atoms with Crippen LogP contribution in [0, 0.1) is 25.2 Å². The number of nitrogens with one attached hydrogen (secondary N) is 1. The van der Waals surface area contributed by atoms with Gasteiger partial charge in [-0.25, -0.2) is 4.98 Å². The van der Waals surface area contributed by atoms with Crippen molar-refractivity contribution in [3.63, 3.8) is 0 Å². The predicted octanol–water partition coefficient (Wildman–Crippen LogP) is 4.38. The Morgan fingerprint density at radius 2 is 2.11 bits per heavy atom. The van der Waals surface area contributed by atoms with Crippen LogP contribution < -0.4 is 16.0 Å². The van der Waals surface area contributed by atoms with Crippen LogP contribution >= 0.6 is 22.7 Å². The molecule has 0 atom stereocenters. The Balaban J connectivity index is 1.55. The highest BCUT2D eigenvalue weighted by Crippen LogP contribution is 2.45. The maximum Gasteiger partial charge on any atom is 0.268 e. The fourth-order valence-corrected chi connectivity index (χ4v) is 6.16. The average molecular weight is 410 g/mol. The van der Waals surface area contributed by atoms with E-state index in [1.54, 1.807) is 0 Å². The van der Waals surface area contributed by atoms with Gasteiger partial charge in [-0.1, -0.05) is 0 Å². The smallest absolute Gasteiger partial charge is 0.268 e. The summed E-state index contributed by atoms with van der Waals surface area (Å²) in [6, 6.07) is 4.29. The standard InChI is InChI=1S/C20H19N5OS2/c1-9-10(2)27-20(13(9)8-21)24-18(26)17-15(22)12-7-14-16(23-19(12)28-17)11-3-5-25(14)6-4-11/h7,11H,3-6,22H2,1-2H3,(H,24,26). The van der Waals surface area contributed by atoms with Gasteiger partial charge in [-0.2, -0.15) is 5.26 Å². The fraction of sp³-hybridized carbons (Fsp3) is 0.350. The minimum absolute atomic E-state index is 0.278. The molecule has 1 amide bonds. The summed E-state index contributed by atoms with van der Waals surface area (Å²) in [4.78, 5) is 22.5. The molecular weight excluding hydrogens is 390 g/mol. The molecule has 0 aliphatic carbocycles. The van der Waals surface area contributed by atoms with E-state index >= 15 is 0 Å². The molecule has 6 heterocycles. The molecule has 6 nitrogen and oxygen atoms in total. The first-order valence-corrected chi connectivity index (χ1v) is 10.9. The van der Waals surface area contributed by atoms with Gasteiger partial charge in [0.1, 0.15) is 20.8 Å². The molecule has 28 heavy (non-hydrogen) atoms. The Hall–Kier alpha value is -2.63. The number of nitrogen functional groups attached to an aromatic ring is 1. The van der Waals surface area contributed by atoms with E-state index in [0.717, 1.165) is 52.3 Å². The third-order valence-electron chi connectivity index (χ3n) is 5.88. The summed E-state index contributed by atoms with van der Waals surface area (Å²) in [7, 11) is 0. The van der Waals surface area contributed by atoms with Crippen LogP contribution in [-0.2, 0) is 0 Å². The van der Waals surface area contributed by atoms with Crippen molar-refractivity contribution < 1.29 is 4.79 Å². The zero-order valence-electron chi connectivity index (χ0n) is 15.6. The summed E-state index contributed by atoms with van der Waals surface area (Å²) in [5.41, 5.74) is 10.6. The summed E-state index contributed by atoms with van der Waals surface area (Å²) in [6.07, 6.45) is 2.29. The number of pyridine rings is 1. The van der Waals surface area contributed by atoms with Gasteiger partial charge in [0.05, 0.1) is 22.6 Å². The molecule has 6 rings (SSSR count). The second-order valence-electron chi connectivity index (χ2n) is 7.40. The molecule has 1 fully saturated rings. The van der Waals surface area contributed by atoms with Gasteiger partial charge >= 0.3 is 0 Å². The number of nitrogens with two attached hydrogens (primary N) is 1. The highest BCUT2D eigenvalue weighted by atomic mass is 32.1. The Morgan fingerprint density at radius 3 is 2.82 bits per heavy atom. The van der Waals surface area contributed by atoms with E-state index in [-0.39, 0.29) is 5.91 Å². The lowest BCUT2D eigenvalue weighted by atomic mass is 9.86. The van der Waals surface area contributed by atoms with Crippen LogP contribution in [0.4, 0.5) is 16.4 Å². The van der Waals surface area contributed by atoms with Gasteiger partial charge < -0.3 is 16.0 Å². The number of carbonyl (C=O) groups excluding carboxylic acids is 1. The molecule has 1 saturated heterocycles. The van der Waals surface area contributed by atoms with Crippen molar-refractivity contribution in [3.8, 4) is 6.07 Å². The van der Waals surface area contributed by atoms with Crippen LogP contribution in [-0.4, -0.2) is 24.0 Å². The summed E-state index contributed by atoms with van der Waals surface area (Å²) in [5.74, 6) is 0.236. The summed E-state index contributed by atoms with van der Waals surface area (Å²) in [5, 5.41) is 13.7. The second-order valence-corrected chi connectivity index (χ2v) is 9.63. The molecule has 142 valence electrons. The van der Waals surface area contributed by atoms with Crippen molar-refractivity contribution in [1.82, 2.24) is 4.98 Å². The molecule has 0 unspecified atom stereocenters. The van der Waals surface area contributed by atoms with Crippen LogP contribution in [0.5, 0.6) is 0 Å². The maximum absolute atomic E-state index is 12.9. The van der Waals surface area contributed by atoms with Crippen molar-refractivity contribution in [1.29, 1.82) is 5.26 Å². The van der Waals surface area contributed by atoms with Gasteiger partial charge in [-0.15, -0.1) is 22.7 Å². The Kier molecular flexibility index (Phi) is 3.86. The largest absolute Gasteiger partial charge is 0.397 e. The quantitative estimate of drug-likeness (QED) is 0.655. The SMILES string of the molecule is Cc1sc(NC(=O)c2sc3nc4c(cc3c2N)N2CCC4CC2)c(C#N)c1C. The molecule has 0 radical (unpaired) electrons. The molecule has 2 bridgehead atoms. The number of hydrogen-bond acceptors (Lipinski definition) is 7. The van der Waals surface area contributed by atoms with E-state index in [9.17, 15) is 10.1 Å². The normalized spacial score (nSPS) is 15.7. The summed E-state index contributed by atoms with van der Waals surface area (Å²) >= 11 is 2.75. The zero-order valence-corrected chi connectivity index (χ0v) is 17.3. The van der Waals surface area contributed by atoms with Crippen LogP contribution in [0.1, 0.15) is 50.1 Å². The number of hydrogen-bond donors (Lipinski definition) is 2. The van der Waals surface area contributed by atoms with E-state index in [2.05, 4.69) is 22.4 Å². The Bertz CT molecular complexity index is 1180. The van der Waals surface area contributed by atoms with Gasteiger partial charge in [-0.3, -0.25) is 4.79 Å². The number of piperidine rings is 1. The van der Waals surface area contributed by atoms with E-state index in [4.69, 9.17) is 10.7 Å². The number of fused-ring (bicyclic) bond motifs is 3. The van der Waals surface area contributed by atoms with Crippen molar-refractivity contribution in [2.24, 2.45) is 0 Å². The Morgan fingerprint density at radius 1 is 1.36 bits per heavy atom. The average Bonchev–Trinajstić information content (AvgIpc) is 3.17. The van der Waals surface area contributed by atoms with Crippen LogP contribution in [0.3, 0.4) is 0 Å². The molecular formula is C20H19N5OS2. The molecule has 0 spiro atoms. The topological polar surface area (TPSA) is 95.0 Å². The molecule has 3 aliphatic heterocycles. The van der Waals surface area contributed by atoms with Crippen molar-refractivity contribution >= 4 is 55.2 Å². The molecule has 3 aliphatic rings. The van der Waals surface area contributed by atoms with Crippen LogP contribution in [0.15, 0.2) is 6.07 Å². The number of rotatable bonds is 2. The van der Waals surface area contributed by atoms with E-state index in [0.29, 0.717) is 27.0 Å². The van der Waals surface area contributed by atoms with Crippen LogP contribution in [0.25, 0.3) is 10.2 Å². The van der Waals surface area contributed by atoms with Crippen molar-refractivity contribution in [3.05, 3.63) is 32.6 Å². The number of anilines is 3. The third kappa shape index (κ3) is 2.43. The minimum atomic E-state index is -0.278. The number of aromatic nitrogens is 1.